The molecule has 0 aliphatic carbocycles. The topological polar surface area (TPSA) is 51.9 Å². The number of nitrogens with zero attached hydrogens (tertiary/aromatic N) is 3. The van der Waals surface area contributed by atoms with E-state index in [0.29, 0.717) is 5.82 Å². The van der Waals surface area contributed by atoms with E-state index in [1.165, 1.54) is 0 Å². The third kappa shape index (κ3) is 2.54. The number of nitrogens with one attached hydrogen (secondary N) is 1. The predicted octanol–water partition coefficient (Wildman–Crippen LogP) is 2.29. The fourth-order valence-electron chi connectivity index (χ4n) is 1.97. The van der Waals surface area contributed by atoms with E-state index in [-0.39, 0.29) is 11.1 Å². The van der Waals surface area contributed by atoms with Crippen molar-refractivity contribution < 1.29 is 0 Å². The van der Waals surface area contributed by atoms with Crippen LogP contribution in [0.5, 0.6) is 0 Å². The summed E-state index contributed by atoms with van der Waals surface area (Å²) in [4.78, 5) is 16.5. The minimum Gasteiger partial charge on any atom is -0.306 e. The maximum Gasteiger partial charge on any atom is 0.295 e. The Kier molecular flexibility index (Phi) is 3.22. The third-order valence-electron chi connectivity index (χ3n) is 3.05. The van der Waals surface area contributed by atoms with Crippen LogP contribution in [0.4, 0.5) is 5.82 Å². The van der Waals surface area contributed by atoms with E-state index in [1.54, 1.807) is 17.0 Å². The Hall–Kier alpha value is -2.04. The first kappa shape index (κ1) is 13.4. The second kappa shape index (κ2) is 4.57. The first-order valence-corrected chi connectivity index (χ1v) is 6.31. The van der Waals surface area contributed by atoms with Crippen LogP contribution in [-0.2, 0) is 5.54 Å². The monoisotopic (exact) mass is 260 g/mol. The van der Waals surface area contributed by atoms with Crippen molar-refractivity contribution in [1.82, 2.24) is 14.2 Å². The molecule has 0 saturated heterocycles. The van der Waals surface area contributed by atoms with E-state index in [2.05, 4.69) is 10.4 Å². The maximum absolute atomic E-state index is 12.4. The van der Waals surface area contributed by atoms with Crippen molar-refractivity contribution in [2.24, 2.45) is 0 Å². The zero-order chi connectivity index (χ0) is 14.2. The Bertz CT molecular complexity index is 627. The molecule has 2 heterocycles. The summed E-state index contributed by atoms with van der Waals surface area (Å²) in [6.07, 6.45) is 3.35. The summed E-state index contributed by atoms with van der Waals surface area (Å²) in [5, 5.41) is 0. The van der Waals surface area contributed by atoms with Gasteiger partial charge in [-0.3, -0.25) is 14.9 Å². The van der Waals surface area contributed by atoms with E-state index in [1.807, 2.05) is 51.4 Å². The molecule has 2 aromatic heterocycles. The van der Waals surface area contributed by atoms with Gasteiger partial charge in [0.2, 0.25) is 5.82 Å². The molecule has 0 atom stereocenters. The molecule has 0 aliphatic heterocycles. The van der Waals surface area contributed by atoms with Crippen LogP contribution in [0.1, 0.15) is 32.2 Å². The lowest BCUT2D eigenvalue weighted by molar-refractivity contribution is 0.383. The molecule has 0 spiro atoms. The molecule has 0 fully saturated rings. The summed E-state index contributed by atoms with van der Waals surface area (Å²) >= 11 is 0. The van der Waals surface area contributed by atoms with Crippen molar-refractivity contribution in [3.8, 4) is 0 Å². The molecule has 2 rings (SSSR count). The quantitative estimate of drug-likeness (QED) is 0.901. The predicted molar refractivity (Wildman–Crippen MR) is 76.4 cm³/mol. The van der Waals surface area contributed by atoms with Crippen molar-refractivity contribution in [1.29, 1.82) is 0 Å². The van der Waals surface area contributed by atoms with Gasteiger partial charge in [0.1, 0.15) is 0 Å². The van der Waals surface area contributed by atoms with Gasteiger partial charge in [-0.25, -0.2) is 4.98 Å². The van der Waals surface area contributed by atoms with E-state index >= 15 is 0 Å². The highest BCUT2D eigenvalue weighted by molar-refractivity contribution is 5.33. The Labute approximate surface area is 112 Å². The normalized spacial score (nSPS) is 11.6. The second-order valence-electron chi connectivity index (χ2n) is 5.69. The lowest BCUT2D eigenvalue weighted by atomic mass is 10.1. The van der Waals surface area contributed by atoms with E-state index < -0.39 is 0 Å². The largest absolute Gasteiger partial charge is 0.306 e. The number of hydrogen-bond acceptors (Lipinski definition) is 3. The highest BCUT2D eigenvalue weighted by Gasteiger charge is 2.17. The van der Waals surface area contributed by atoms with Crippen molar-refractivity contribution in [2.75, 3.05) is 5.43 Å². The lowest BCUT2D eigenvalue weighted by Crippen LogP contribution is -2.36. The van der Waals surface area contributed by atoms with Crippen LogP contribution in [0.2, 0.25) is 0 Å². The number of rotatable bonds is 2. The third-order valence-corrected chi connectivity index (χ3v) is 3.05. The van der Waals surface area contributed by atoms with Gasteiger partial charge in [0.25, 0.3) is 5.56 Å². The van der Waals surface area contributed by atoms with Crippen LogP contribution in [0.25, 0.3) is 0 Å². The molecular weight excluding hydrogens is 240 g/mol. The summed E-state index contributed by atoms with van der Waals surface area (Å²) < 4.78 is 3.53. The standard InChI is InChI=1S/C14H20N4O/c1-10-6-7-11(2)18(10)16-12-13(19)17(9-8-15-12)14(3,4)5/h6-9H,1-5H3,(H,15,16). The minimum absolute atomic E-state index is 0.123. The molecule has 2 aromatic rings. The van der Waals surface area contributed by atoms with Crippen molar-refractivity contribution in [3.05, 3.63) is 46.3 Å². The number of aromatic nitrogens is 3. The van der Waals surface area contributed by atoms with Crippen LogP contribution in [-0.4, -0.2) is 14.2 Å². The van der Waals surface area contributed by atoms with Gasteiger partial charge in [0.15, 0.2) is 0 Å². The van der Waals surface area contributed by atoms with Crippen LogP contribution in [0.15, 0.2) is 29.3 Å². The van der Waals surface area contributed by atoms with Gasteiger partial charge in [-0.15, -0.1) is 0 Å². The van der Waals surface area contributed by atoms with E-state index in [9.17, 15) is 4.79 Å². The lowest BCUT2D eigenvalue weighted by Gasteiger charge is -2.22. The fraction of sp³-hybridized carbons (Fsp3) is 0.429. The first-order valence-electron chi connectivity index (χ1n) is 6.31. The molecule has 1 N–H and O–H groups in total. The van der Waals surface area contributed by atoms with Gasteiger partial charge in [-0.1, -0.05) is 0 Å². The van der Waals surface area contributed by atoms with Crippen LogP contribution in [0.3, 0.4) is 0 Å². The van der Waals surface area contributed by atoms with Crippen LogP contribution < -0.4 is 11.0 Å². The maximum atomic E-state index is 12.4. The Morgan fingerprint density at radius 1 is 1.16 bits per heavy atom. The molecule has 5 heteroatoms. The number of aryl methyl sites for hydroxylation is 2. The molecule has 5 nitrogen and oxygen atoms in total. The Balaban J connectivity index is 2.46. The van der Waals surface area contributed by atoms with Gasteiger partial charge >= 0.3 is 0 Å². The summed E-state index contributed by atoms with van der Waals surface area (Å²) in [5.74, 6) is 0.333. The smallest absolute Gasteiger partial charge is 0.295 e. The van der Waals surface area contributed by atoms with Crippen LogP contribution >= 0.6 is 0 Å². The second-order valence-corrected chi connectivity index (χ2v) is 5.69. The molecule has 0 amide bonds. The molecule has 19 heavy (non-hydrogen) atoms. The number of hydrogen-bond donors (Lipinski definition) is 1. The van der Waals surface area contributed by atoms with E-state index in [4.69, 9.17) is 0 Å². The van der Waals surface area contributed by atoms with Gasteiger partial charge in [-0.05, 0) is 46.8 Å². The highest BCUT2D eigenvalue weighted by Crippen LogP contribution is 2.12. The first-order chi connectivity index (χ1) is 8.80. The average molecular weight is 260 g/mol. The van der Waals surface area contributed by atoms with Crippen molar-refractivity contribution in [2.45, 2.75) is 40.2 Å². The van der Waals surface area contributed by atoms with Crippen molar-refractivity contribution in [3.63, 3.8) is 0 Å². The van der Waals surface area contributed by atoms with Gasteiger partial charge < -0.3 is 4.57 Å². The molecule has 0 saturated carbocycles. The summed E-state index contributed by atoms with van der Waals surface area (Å²) in [5.41, 5.74) is 4.75. The molecule has 0 radical (unpaired) electrons. The summed E-state index contributed by atoms with van der Waals surface area (Å²) in [6.45, 7) is 9.93. The molecule has 0 aliphatic rings. The number of anilines is 1. The zero-order valence-electron chi connectivity index (χ0n) is 12.1. The molecule has 0 aromatic carbocycles. The highest BCUT2D eigenvalue weighted by atomic mass is 16.1. The SMILES string of the molecule is Cc1ccc(C)n1Nc1nccn(C(C)(C)C)c1=O. The van der Waals surface area contributed by atoms with Gasteiger partial charge in [0, 0.05) is 29.3 Å². The molecule has 102 valence electrons. The van der Waals surface area contributed by atoms with Gasteiger partial charge in [-0.2, -0.15) is 0 Å². The van der Waals surface area contributed by atoms with Gasteiger partial charge in [0.05, 0.1) is 0 Å². The Morgan fingerprint density at radius 2 is 1.74 bits per heavy atom. The molecule has 0 bridgehead atoms. The zero-order valence-corrected chi connectivity index (χ0v) is 12.1. The van der Waals surface area contributed by atoms with Crippen molar-refractivity contribution >= 4 is 5.82 Å². The fourth-order valence-corrected chi connectivity index (χ4v) is 1.97. The summed E-state index contributed by atoms with van der Waals surface area (Å²) in [7, 11) is 0. The van der Waals surface area contributed by atoms with E-state index in [0.717, 1.165) is 11.4 Å². The molecule has 0 unspecified atom stereocenters. The van der Waals surface area contributed by atoms with Crippen LogP contribution in [0, 0.1) is 13.8 Å². The molecular formula is C14H20N4O. The summed E-state index contributed by atoms with van der Waals surface area (Å²) in [6, 6.07) is 3.99. The average Bonchev–Trinajstić information content (AvgIpc) is 2.61. The Morgan fingerprint density at radius 3 is 2.26 bits per heavy atom. The minimum atomic E-state index is -0.267.